The standard InChI is InChI=1S/C18H28N2O2.C2H7N/c1-6-20-11-7-10-18(13-19,14(2)3)15-8-9-16(21-4)17(12-15)22-5;1-2-3/h8-9,12,14,20H,6-7,10-11H2,1-5H3;2-3H2,1H3. The number of rotatable bonds is 9. The summed E-state index contributed by atoms with van der Waals surface area (Å²) in [4.78, 5) is 0. The maximum atomic E-state index is 9.90. The number of nitrogens with one attached hydrogen (secondary N) is 1. The Bertz CT molecular complexity index is 526. The van der Waals surface area contributed by atoms with Crippen molar-refractivity contribution in [3.63, 3.8) is 0 Å². The summed E-state index contributed by atoms with van der Waals surface area (Å²) in [7, 11) is 3.24. The van der Waals surface area contributed by atoms with Crippen molar-refractivity contribution >= 4 is 0 Å². The van der Waals surface area contributed by atoms with Crippen LogP contribution in [0.15, 0.2) is 18.2 Å². The van der Waals surface area contributed by atoms with Crippen molar-refractivity contribution in [1.29, 1.82) is 5.26 Å². The summed E-state index contributed by atoms with van der Waals surface area (Å²) in [6.45, 7) is 10.8. The summed E-state index contributed by atoms with van der Waals surface area (Å²) in [6.07, 6.45) is 1.79. The highest BCUT2D eigenvalue weighted by atomic mass is 16.5. The monoisotopic (exact) mass is 349 g/mol. The van der Waals surface area contributed by atoms with E-state index in [1.54, 1.807) is 14.2 Å². The first kappa shape index (κ1) is 23.2. The van der Waals surface area contributed by atoms with Crippen LogP contribution in [-0.4, -0.2) is 33.9 Å². The number of nitriles is 1. The van der Waals surface area contributed by atoms with Crippen LogP contribution in [0.1, 0.15) is 46.1 Å². The van der Waals surface area contributed by atoms with Crippen molar-refractivity contribution in [2.75, 3.05) is 33.9 Å². The zero-order valence-corrected chi connectivity index (χ0v) is 16.7. The molecule has 25 heavy (non-hydrogen) atoms. The second kappa shape index (κ2) is 12.6. The molecule has 1 aromatic rings. The average Bonchev–Trinajstić information content (AvgIpc) is 2.62. The van der Waals surface area contributed by atoms with Gasteiger partial charge in [0.05, 0.1) is 25.7 Å². The first-order valence-corrected chi connectivity index (χ1v) is 9.01. The van der Waals surface area contributed by atoms with Gasteiger partial charge in [0.1, 0.15) is 0 Å². The summed E-state index contributed by atoms with van der Waals surface area (Å²) >= 11 is 0. The number of hydrogen-bond donors (Lipinski definition) is 2. The minimum Gasteiger partial charge on any atom is -0.493 e. The smallest absolute Gasteiger partial charge is 0.161 e. The molecule has 0 heterocycles. The Kier molecular flexibility index (Phi) is 11.7. The van der Waals surface area contributed by atoms with E-state index in [4.69, 9.17) is 15.2 Å². The van der Waals surface area contributed by atoms with Crippen LogP contribution in [0.4, 0.5) is 0 Å². The summed E-state index contributed by atoms with van der Waals surface area (Å²) in [5.74, 6) is 1.58. The highest BCUT2D eigenvalue weighted by Crippen LogP contribution is 2.40. The lowest BCUT2D eigenvalue weighted by atomic mass is 9.70. The van der Waals surface area contributed by atoms with Crippen molar-refractivity contribution < 1.29 is 9.47 Å². The SMILES string of the molecule is CCN.CCNCCCC(C#N)(c1ccc(OC)c(OC)c1)C(C)C. The minimum atomic E-state index is -0.505. The largest absolute Gasteiger partial charge is 0.493 e. The number of nitrogens with two attached hydrogens (primary N) is 1. The Morgan fingerprint density at radius 2 is 1.80 bits per heavy atom. The quantitative estimate of drug-likeness (QED) is 0.667. The van der Waals surface area contributed by atoms with E-state index in [1.165, 1.54) is 0 Å². The van der Waals surface area contributed by atoms with Gasteiger partial charge in [0.2, 0.25) is 0 Å². The van der Waals surface area contributed by atoms with Gasteiger partial charge >= 0.3 is 0 Å². The number of nitrogens with zero attached hydrogens (tertiary/aromatic N) is 1. The molecule has 0 aromatic heterocycles. The first-order valence-electron chi connectivity index (χ1n) is 9.01. The molecule has 0 bridgehead atoms. The summed E-state index contributed by atoms with van der Waals surface area (Å²) in [6, 6.07) is 8.38. The summed E-state index contributed by atoms with van der Waals surface area (Å²) in [5, 5.41) is 13.2. The van der Waals surface area contributed by atoms with Crippen LogP contribution >= 0.6 is 0 Å². The molecule has 142 valence electrons. The van der Waals surface area contributed by atoms with E-state index in [1.807, 2.05) is 25.1 Å². The van der Waals surface area contributed by atoms with E-state index >= 15 is 0 Å². The second-order valence-electron chi connectivity index (χ2n) is 6.17. The van der Waals surface area contributed by atoms with E-state index in [-0.39, 0.29) is 5.92 Å². The predicted molar refractivity (Wildman–Crippen MR) is 104 cm³/mol. The lowest BCUT2D eigenvalue weighted by Crippen LogP contribution is -2.32. The molecule has 0 aliphatic heterocycles. The molecule has 0 radical (unpaired) electrons. The molecule has 1 aromatic carbocycles. The van der Waals surface area contributed by atoms with Crippen LogP contribution in [0.2, 0.25) is 0 Å². The van der Waals surface area contributed by atoms with Crippen molar-refractivity contribution in [3.8, 4) is 17.6 Å². The van der Waals surface area contributed by atoms with Gasteiger partial charge in [-0.3, -0.25) is 0 Å². The number of ether oxygens (including phenoxy) is 2. The highest BCUT2D eigenvalue weighted by Gasteiger charge is 2.36. The van der Waals surface area contributed by atoms with Gasteiger partial charge in [0, 0.05) is 0 Å². The van der Waals surface area contributed by atoms with Crippen molar-refractivity contribution in [2.45, 2.75) is 46.0 Å². The van der Waals surface area contributed by atoms with E-state index < -0.39 is 5.41 Å². The molecule has 0 saturated heterocycles. The lowest BCUT2D eigenvalue weighted by molar-refractivity contribution is 0.341. The molecular weight excluding hydrogens is 314 g/mol. The Hall–Kier alpha value is -1.77. The van der Waals surface area contributed by atoms with E-state index in [9.17, 15) is 5.26 Å². The fourth-order valence-corrected chi connectivity index (χ4v) is 2.80. The number of hydrogen-bond acceptors (Lipinski definition) is 5. The van der Waals surface area contributed by atoms with Crippen molar-refractivity contribution in [1.82, 2.24) is 5.32 Å². The number of benzene rings is 1. The van der Waals surface area contributed by atoms with Gasteiger partial charge in [0.15, 0.2) is 11.5 Å². The van der Waals surface area contributed by atoms with Crippen LogP contribution in [0.5, 0.6) is 11.5 Å². The van der Waals surface area contributed by atoms with Crippen LogP contribution in [0, 0.1) is 17.2 Å². The fourth-order valence-electron chi connectivity index (χ4n) is 2.80. The first-order chi connectivity index (χ1) is 12.0. The zero-order valence-electron chi connectivity index (χ0n) is 16.7. The molecule has 1 unspecified atom stereocenters. The molecule has 5 heteroatoms. The van der Waals surface area contributed by atoms with Crippen LogP contribution in [0.25, 0.3) is 0 Å². The second-order valence-corrected chi connectivity index (χ2v) is 6.17. The Morgan fingerprint density at radius 3 is 2.24 bits per heavy atom. The average molecular weight is 350 g/mol. The van der Waals surface area contributed by atoms with Crippen LogP contribution in [-0.2, 0) is 5.41 Å². The van der Waals surface area contributed by atoms with Gasteiger partial charge in [-0.25, -0.2) is 0 Å². The van der Waals surface area contributed by atoms with Crippen molar-refractivity contribution in [2.24, 2.45) is 11.7 Å². The Labute approximate surface area is 153 Å². The maximum absolute atomic E-state index is 9.90. The van der Waals surface area contributed by atoms with Crippen LogP contribution in [0.3, 0.4) is 0 Å². The van der Waals surface area contributed by atoms with Gasteiger partial charge in [-0.2, -0.15) is 5.26 Å². The Balaban J connectivity index is 0.00000178. The van der Waals surface area contributed by atoms with Gasteiger partial charge in [-0.1, -0.05) is 33.8 Å². The number of methoxy groups -OCH3 is 2. The minimum absolute atomic E-state index is 0.220. The third-order valence-electron chi connectivity index (χ3n) is 4.26. The van der Waals surface area contributed by atoms with E-state index in [0.717, 1.165) is 38.0 Å². The third-order valence-corrected chi connectivity index (χ3v) is 4.26. The fraction of sp³-hybridized carbons (Fsp3) is 0.650. The van der Waals surface area contributed by atoms with E-state index in [2.05, 4.69) is 32.2 Å². The summed E-state index contributed by atoms with van der Waals surface area (Å²) in [5.41, 5.74) is 5.34. The topological polar surface area (TPSA) is 80.3 Å². The molecule has 0 fully saturated rings. The molecule has 5 nitrogen and oxygen atoms in total. The third kappa shape index (κ3) is 6.56. The molecular formula is C20H35N3O2. The molecule has 0 aliphatic rings. The zero-order chi connectivity index (χ0) is 19.3. The van der Waals surface area contributed by atoms with E-state index in [0.29, 0.717) is 11.5 Å². The normalized spacial score (nSPS) is 12.6. The molecule has 0 amide bonds. The van der Waals surface area contributed by atoms with Gasteiger partial charge < -0.3 is 20.5 Å². The Morgan fingerprint density at radius 1 is 1.20 bits per heavy atom. The predicted octanol–water partition coefficient (Wildman–Crippen LogP) is 3.48. The summed E-state index contributed by atoms with van der Waals surface area (Å²) < 4.78 is 10.7. The van der Waals surface area contributed by atoms with Gasteiger partial charge in [-0.15, -0.1) is 0 Å². The molecule has 0 aliphatic carbocycles. The van der Waals surface area contributed by atoms with Crippen LogP contribution < -0.4 is 20.5 Å². The highest BCUT2D eigenvalue weighted by molar-refractivity contribution is 5.47. The molecule has 0 saturated carbocycles. The lowest BCUT2D eigenvalue weighted by Gasteiger charge is -2.32. The molecule has 1 rings (SSSR count). The van der Waals surface area contributed by atoms with Gasteiger partial charge in [0.25, 0.3) is 0 Å². The molecule has 1 atom stereocenters. The molecule has 0 spiro atoms. The van der Waals surface area contributed by atoms with Crippen molar-refractivity contribution in [3.05, 3.63) is 23.8 Å². The molecule has 3 N–H and O–H groups in total. The van der Waals surface area contributed by atoms with Gasteiger partial charge in [-0.05, 0) is 56.1 Å². The maximum Gasteiger partial charge on any atom is 0.161 e.